The number of halogens is 1. The minimum Gasteiger partial charge on any atom is -0.396 e. The zero-order chi connectivity index (χ0) is 11.5. The standard InChI is InChI=1S/C10H15ClN4O/c11-8-3-9(15-10(12)14-8)13-4-6-1-7(2-6)5-16/h3,6-7,16H,1-2,4-5H2,(H3,12,13,14,15). The zero-order valence-corrected chi connectivity index (χ0v) is 9.61. The number of nitrogens with two attached hydrogens (primary N) is 1. The van der Waals surface area contributed by atoms with Crippen molar-refractivity contribution in [3.8, 4) is 0 Å². The van der Waals surface area contributed by atoms with E-state index < -0.39 is 0 Å². The molecule has 0 unspecified atom stereocenters. The quantitative estimate of drug-likeness (QED) is 0.690. The van der Waals surface area contributed by atoms with Crippen molar-refractivity contribution in [2.75, 3.05) is 24.2 Å². The molecule has 0 atom stereocenters. The lowest BCUT2D eigenvalue weighted by Crippen LogP contribution is -2.31. The molecule has 1 aromatic heterocycles. The van der Waals surface area contributed by atoms with Gasteiger partial charge in [0.15, 0.2) is 0 Å². The van der Waals surface area contributed by atoms with E-state index in [4.69, 9.17) is 22.4 Å². The molecule has 88 valence electrons. The van der Waals surface area contributed by atoms with Gasteiger partial charge in [0.05, 0.1) is 0 Å². The Bertz CT molecular complexity index is 348. The molecule has 0 radical (unpaired) electrons. The smallest absolute Gasteiger partial charge is 0.223 e. The molecule has 2 rings (SSSR count). The van der Waals surface area contributed by atoms with Crippen molar-refractivity contribution in [3.05, 3.63) is 11.2 Å². The maximum atomic E-state index is 8.89. The highest BCUT2D eigenvalue weighted by Gasteiger charge is 2.27. The summed E-state index contributed by atoms with van der Waals surface area (Å²) in [4.78, 5) is 7.81. The summed E-state index contributed by atoms with van der Waals surface area (Å²) in [5.41, 5.74) is 5.48. The molecule has 1 heterocycles. The van der Waals surface area contributed by atoms with Gasteiger partial charge in [0.1, 0.15) is 11.0 Å². The predicted molar refractivity (Wildman–Crippen MR) is 63.2 cm³/mol. The van der Waals surface area contributed by atoms with Crippen LogP contribution in [0.1, 0.15) is 12.8 Å². The lowest BCUT2D eigenvalue weighted by atomic mass is 9.75. The molecule has 1 fully saturated rings. The molecule has 6 heteroatoms. The number of aliphatic hydroxyl groups is 1. The number of aliphatic hydroxyl groups excluding tert-OH is 1. The molecule has 4 N–H and O–H groups in total. The molecule has 0 amide bonds. The van der Waals surface area contributed by atoms with Gasteiger partial charge in [-0.05, 0) is 24.7 Å². The first-order chi connectivity index (χ1) is 7.67. The monoisotopic (exact) mass is 242 g/mol. The van der Waals surface area contributed by atoms with Crippen LogP contribution in [0, 0.1) is 11.8 Å². The van der Waals surface area contributed by atoms with Gasteiger partial charge < -0.3 is 16.2 Å². The SMILES string of the molecule is Nc1nc(Cl)cc(NCC2CC(CO)C2)n1. The molecular formula is C10H15ClN4O. The second kappa shape index (κ2) is 4.84. The van der Waals surface area contributed by atoms with E-state index in [1.165, 1.54) is 0 Å². The van der Waals surface area contributed by atoms with Crippen LogP contribution in [0.2, 0.25) is 5.15 Å². The summed E-state index contributed by atoms with van der Waals surface area (Å²) < 4.78 is 0. The summed E-state index contributed by atoms with van der Waals surface area (Å²) in [5, 5.41) is 12.4. The van der Waals surface area contributed by atoms with Gasteiger partial charge in [-0.15, -0.1) is 0 Å². The predicted octanol–water partition coefficient (Wildman–Crippen LogP) is 1.14. The number of anilines is 2. The topological polar surface area (TPSA) is 84.1 Å². The first-order valence-corrected chi connectivity index (χ1v) is 5.70. The third-order valence-corrected chi connectivity index (χ3v) is 3.07. The Kier molecular flexibility index (Phi) is 3.46. The van der Waals surface area contributed by atoms with Crippen LogP contribution in [-0.4, -0.2) is 28.2 Å². The number of nitrogens with one attached hydrogen (secondary N) is 1. The lowest BCUT2D eigenvalue weighted by Gasteiger charge is -2.34. The summed E-state index contributed by atoms with van der Waals surface area (Å²) in [6, 6.07) is 1.65. The summed E-state index contributed by atoms with van der Waals surface area (Å²) >= 11 is 5.75. The maximum absolute atomic E-state index is 8.89. The van der Waals surface area contributed by atoms with E-state index in [2.05, 4.69) is 15.3 Å². The summed E-state index contributed by atoms with van der Waals surface area (Å²) in [5.74, 6) is 1.92. The highest BCUT2D eigenvalue weighted by atomic mass is 35.5. The normalized spacial score (nSPS) is 23.9. The third-order valence-electron chi connectivity index (χ3n) is 2.88. The first-order valence-electron chi connectivity index (χ1n) is 5.32. The number of rotatable bonds is 4. The Morgan fingerprint density at radius 1 is 1.44 bits per heavy atom. The molecule has 16 heavy (non-hydrogen) atoms. The largest absolute Gasteiger partial charge is 0.396 e. The summed E-state index contributed by atoms with van der Waals surface area (Å²) in [6.45, 7) is 1.13. The minimum atomic E-state index is 0.178. The van der Waals surface area contributed by atoms with Gasteiger partial charge in [0, 0.05) is 19.2 Å². The third kappa shape index (κ3) is 2.74. The van der Waals surface area contributed by atoms with E-state index in [1.54, 1.807) is 6.07 Å². The summed E-state index contributed by atoms with van der Waals surface area (Å²) in [7, 11) is 0. The molecule has 1 aliphatic carbocycles. The van der Waals surface area contributed by atoms with Crippen LogP contribution in [-0.2, 0) is 0 Å². The lowest BCUT2D eigenvalue weighted by molar-refractivity contribution is 0.114. The Morgan fingerprint density at radius 3 is 2.81 bits per heavy atom. The average molecular weight is 243 g/mol. The van der Waals surface area contributed by atoms with Crippen LogP contribution < -0.4 is 11.1 Å². The fourth-order valence-electron chi connectivity index (χ4n) is 1.96. The van der Waals surface area contributed by atoms with E-state index in [9.17, 15) is 0 Å². The van der Waals surface area contributed by atoms with Gasteiger partial charge in [-0.1, -0.05) is 11.6 Å². The van der Waals surface area contributed by atoms with Crippen LogP contribution in [0.4, 0.5) is 11.8 Å². The zero-order valence-electron chi connectivity index (χ0n) is 8.86. The van der Waals surface area contributed by atoms with Gasteiger partial charge in [0.25, 0.3) is 0 Å². The van der Waals surface area contributed by atoms with Gasteiger partial charge in [-0.2, -0.15) is 4.98 Å². The molecule has 0 aromatic carbocycles. The van der Waals surface area contributed by atoms with Crippen molar-refractivity contribution in [2.45, 2.75) is 12.8 Å². The Balaban J connectivity index is 1.81. The van der Waals surface area contributed by atoms with Crippen molar-refractivity contribution >= 4 is 23.4 Å². The van der Waals surface area contributed by atoms with Gasteiger partial charge >= 0.3 is 0 Å². The van der Waals surface area contributed by atoms with Crippen LogP contribution in [0.15, 0.2) is 6.07 Å². The molecule has 0 bridgehead atoms. The first kappa shape index (κ1) is 11.4. The average Bonchev–Trinajstić information content (AvgIpc) is 2.14. The van der Waals surface area contributed by atoms with Crippen molar-refractivity contribution in [1.82, 2.24) is 9.97 Å². The highest BCUT2D eigenvalue weighted by molar-refractivity contribution is 6.29. The van der Waals surface area contributed by atoms with E-state index in [-0.39, 0.29) is 5.95 Å². The summed E-state index contributed by atoms with van der Waals surface area (Å²) in [6.07, 6.45) is 2.13. The van der Waals surface area contributed by atoms with E-state index >= 15 is 0 Å². The van der Waals surface area contributed by atoms with Crippen LogP contribution in [0.25, 0.3) is 0 Å². The Hall–Kier alpha value is -1.07. The fourth-order valence-corrected chi connectivity index (χ4v) is 2.15. The van der Waals surface area contributed by atoms with Crippen molar-refractivity contribution in [2.24, 2.45) is 11.8 Å². The Morgan fingerprint density at radius 2 is 2.19 bits per heavy atom. The van der Waals surface area contributed by atoms with Gasteiger partial charge in [-0.3, -0.25) is 0 Å². The van der Waals surface area contributed by atoms with Crippen LogP contribution in [0.5, 0.6) is 0 Å². The molecule has 0 saturated heterocycles. The van der Waals surface area contributed by atoms with E-state index in [1.807, 2.05) is 0 Å². The molecule has 0 aliphatic heterocycles. The second-order valence-corrected chi connectivity index (χ2v) is 4.59. The highest BCUT2D eigenvalue weighted by Crippen LogP contribution is 2.33. The Labute approximate surface area is 99.0 Å². The minimum absolute atomic E-state index is 0.178. The van der Waals surface area contributed by atoms with Crippen molar-refractivity contribution in [3.63, 3.8) is 0 Å². The van der Waals surface area contributed by atoms with Crippen molar-refractivity contribution < 1.29 is 5.11 Å². The van der Waals surface area contributed by atoms with E-state index in [0.717, 1.165) is 19.4 Å². The molecule has 1 saturated carbocycles. The molecule has 1 aliphatic rings. The number of hydrogen-bond acceptors (Lipinski definition) is 5. The number of aromatic nitrogens is 2. The van der Waals surface area contributed by atoms with Crippen LogP contribution in [0.3, 0.4) is 0 Å². The molecule has 0 spiro atoms. The molecule has 5 nitrogen and oxygen atoms in total. The van der Waals surface area contributed by atoms with Crippen LogP contribution >= 0.6 is 11.6 Å². The molecular weight excluding hydrogens is 228 g/mol. The molecule has 1 aromatic rings. The fraction of sp³-hybridized carbons (Fsp3) is 0.600. The van der Waals surface area contributed by atoms with Gasteiger partial charge in [-0.25, -0.2) is 4.98 Å². The second-order valence-electron chi connectivity index (χ2n) is 4.20. The number of nitrogen functional groups attached to an aromatic ring is 1. The maximum Gasteiger partial charge on any atom is 0.223 e. The number of nitrogens with zero attached hydrogens (tertiary/aromatic N) is 2. The van der Waals surface area contributed by atoms with Crippen molar-refractivity contribution in [1.29, 1.82) is 0 Å². The van der Waals surface area contributed by atoms with E-state index in [0.29, 0.717) is 29.4 Å². The number of hydrogen-bond donors (Lipinski definition) is 3. The van der Waals surface area contributed by atoms with Gasteiger partial charge in [0.2, 0.25) is 5.95 Å².